The van der Waals surface area contributed by atoms with Crippen LogP contribution in [0.15, 0.2) is 0 Å². The van der Waals surface area contributed by atoms with E-state index in [0.29, 0.717) is 0 Å². The second-order valence-corrected chi connectivity index (χ2v) is 5.59. The van der Waals surface area contributed by atoms with Gasteiger partial charge in [0.05, 0.1) is 18.6 Å². The van der Waals surface area contributed by atoms with Gasteiger partial charge in [-0.05, 0) is 27.7 Å². The number of hydrogen-bond acceptors (Lipinski definition) is 4. The van der Waals surface area contributed by atoms with Crippen molar-refractivity contribution in [2.45, 2.75) is 46.3 Å². The summed E-state index contributed by atoms with van der Waals surface area (Å²) in [6.07, 6.45) is -0.656. The third-order valence-corrected chi connectivity index (χ3v) is 3.35. The minimum Gasteiger partial charge on any atom is -0.481 e. The van der Waals surface area contributed by atoms with Gasteiger partial charge in [0.15, 0.2) is 0 Å². The summed E-state index contributed by atoms with van der Waals surface area (Å²) in [6.45, 7) is 6.97. The summed E-state index contributed by atoms with van der Waals surface area (Å²) in [6, 6.07) is 0. The van der Waals surface area contributed by atoms with Crippen molar-refractivity contribution in [1.82, 2.24) is 5.09 Å². The van der Waals surface area contributed by atoms with Gasteiger partial charge in [0.25, 0.3) is 0 Å². The molecule has 7 heteroatoms. The van der Waals surface area contributed by atoms with Crippen LogP contribution in [0.25, 0.3) is 0 Å². The molecule has 0 bridgehead atoms. The fourth-order valence-electron chi connectivity index (χ4n) is 0.954. The van der Waals surface area contributed by atoms with E-state index in [1.807, 2.05) is 0 Å². The van der Waals surface area contributed by atoms with Gasteiger partial charge >= 0.3 is 13.7 Å². The van der Waals surface area contributed by atoms with E-state index in [4.69, 9.17) is 14.2 Å². The molecular weight excluding hydrogens is 233 g/mol. The van der Waals surface area contributed by atoms with Crippen LogP contribution in [-0.4, -0.2) is 29.8 Å². The number of nitrogens with one attached hydrogen (secondary N) is 1. The summed E-state index contributed by atoms with van der Waals surface area (Å²) >= 11 is 0. The molecule has 16 heavy (non-hydrogen) atoms. The van der Waals surface area contributed by atoms with Crippen molar-refractivity contribution < 1.29 is 23.5 Å². The molecule has 0 rings (SSSR count). The highest BCUT2D eigenvalue weighted by Crippen LogP contribution is 2.45. The summed E-state index contributed by atoms with van der Waals surface area (Å²) in [5.74, 6) is -0.965. The first kappa shape index (κ1) is 15.6. The molecule has 0 aliphatic rings. The van der Waals surface area contributed by atoms with Crippen LogP contribution in [0.1, 0.15) is 34.1 Å². The molecule has 0 aromatic rings. The zero-order valence-corrected chi connectivity index (χ0v) is 11.0. The summed E-state index contributed by atoms with van der Waals surface area (Å²) in [7, 11) is -3.40. The van der Waals surface area contributed by atoms with Crippen LogP contribution in [-0.2, 0) is 18.4 Å². The molecule has 0 unspecified atom stereocenters. The smallest absolute Gasteiger partial charge is 0.406 e. The van der Waals surface area contributed by atoms with E-state index in [-0.39, 0.29) is 25.2 Å². The van der Waals surface area contributed by atoms with Gasteiger partial charge in [-0.15, -0.1) is 0 Å². The number of carboxylic acids is 1. The highest BCUT2D eigenvalue weighted by atomic mass is 31.2. The van der Waals surface area contributed by atoms with Gasteiger partial charge in [-0.2, -0.15) is 0 Å². The summed E-state index contributed by atoms with van der Waals surface area (Å²) in [5, 5.41) is 11.0. The molecule has 0 radical (unpaired) electrons. The predicted molar refractivity (Wildman–Crippen MR) is 60.3 cm³/mol. The van der Waals surface area contributed by atoms with Crippen LogP contribution in [0.3, 0.4) is 0 Å². The van der Waals surface area contributed by atoms with Crippen molar-refractivity contribution in [3.8, 4) is 0 Å². The Balaban J connectivity index is 4.30. The second-order valence-electron chi connectivity index (χ2n) is 3.86. The highest BCUT2D eigenvalue weighted by molar-refractivity contribution is 7.51. The maximum absolute atomic E-state index is 12.1. The van der Waals surface area contributed by atoms with Gasteiger partial charge in [-0.1, -0.05) is 0 Å². The van der Waals surface area contributed by atoms with Crippen LogP contribution < -0.4 is 5.09 Å². The molecule has 0 saturated carbocycles. The predicted octanol–water partition coefficient (Wildman–Crippen LogP) is 2.01. The Labute approximate surface area is 95.9 Å². The zero-order valence-electron chi connectivity index (χ0n) is 10.1. The molecule has 2 N–H and O–H groups in total. The molecule has 0 aliphatic carbocycles. The van der Waals surface area contributed by atoms with Crippen LogP contribution >= 0.6 is 7.75 Å². The number of carbonyl (C=O) groups is 1. The summed E-state index contributed by atoms with van der Waals surface area (Å²) < 4.78 is 22.4. The molecule has 0 heterocycles. The molecule has 0 aromatic carbocycles. The van der Waals surface area contributed by atoms with E-state index in [9.17, 15) is 9.36 Å². The number of rotatable bonds is 8. The lowest BCUT2D eigenvalue weighted by Crippen LogP contribution is -2.22. The molecule has 0 amide bonds. The Kier molecular flexibility index (Phi) is 6.83. The largest absolute Gasteiger partial charge is 0.481 e. The van der Waals surface area contributed by atoms with Crippen LogP contribution in [0.2, 0.25) is 0 Å². The van der Waals surface area contributed by atoms with Crippen molar-refractivity contribution in [1.29, 1.82) is 0 Å². The number of aliphatic carboxylic acids is 1. The lowest BCUT2D eigenvalue weighted by atomic mass is 10.5. The molecular formula is C9H20NO5P. The van der Waals surface area contributed by atoms with Crippen molar-refractivity contribution >= 4 is 13.7 Å². The molecule has 0 atom stereocenters. The van der Waals surface area contributed by atoms with Gasteiger partial charge in [-0.25, -0.2) is 9.65 Å². The van der Waals surface area contributed by atoms with E-state index >= 15 is 0 Å². The Morgan fingerprint density at radius 1 is 1.25 bits per heavy atom. The number of hydrogen-bond donors (Lipinski definition) is 2. The molecule has 0 aliphatic heterocycles. The van der Waals surface area contributed by atoms with Gasteiger partial charge in [-0.3, -0.25) is 13.8 Å². The van der Waals surface area contributed by atoms with Crippen molar-refractivity contribution in [3.63, 3.8) is 0 Å². The Hall–Kier alpha value is -0.420. The third-order valence-electron chi connectivity index (χ3n) is 1.34. The molecule has 0 aromatic heterocycles. The minimum absolute atomic E-state index is 0.0477. The number of carboxylic acid groups (broad SMARTS) is 1. The second kappa shape index (κ2) is 7.01. The zero-order chi connectivity index (χ0) is 12.8. The molecule has 0 saturated heterocycles. The first-order valence-corrected chi connectivity index (χ1v) is 6.73. The van der Waals surface area contributed by atoms with Gasteiger partial charge in [0.2, 0.25) is 0 Å². The fraction of sp³-hybridized carbons (Fsp3) is 0.889. The van der Waals surface area contributed by atoms with Crippen LogP contribution in [0, 0.1) is 0 Å². The van der Waals surface area contributed by atoms with E-state index in [0.717, 1.165) is 0 Å². The van der Waals surface area contributed by atoms with Crippen molar-refractivity contribution in [2.75, 3.05) is 6.54 Å². The van der Waals surface area contributed by atoms with Crippen molar-refractivity contribution in [3.05, 3.63) is 0 Å². The quantitative estimate of drug-likeness (QED) is 0.643. The standard InChI is InChI=1S/C9H20NO5P/c1-7(2)14-16(13,15-8(3)4)10-6-5-9(11)12/h7-8H,5-6H2,1-4H3,(H,10,13)(H,11,12). The maximum Gasteiger partial charge on any atom is 0.406 e. The average molecular weight is 253 g/mol. The topological polar surface area (TPSA) is 84.9 Å². The van der Waals surface area contributed by atoms with E-state index < -0.39 is 13.7 Å². The van der Waals surface area contributed by atoms with Gasteiger partial charge in [0, 0.05) is 6.54 Å². The Morgan fingerprint density at radius 2 is 1.69 bits per heavy atom. The highest BCUT2D eigenvalue weighted by Gasteiger charge is 2.27. The lowest BCUT2D eigenvalue weighted by Gasteiger charge is -2.22. The Morgan fingerprint density at radius 3 is 2.00 bits per heavy atom. The normalized spacial score (nSPS) is 12.4. The van der Waals surface area contributed by atoms with Gasteiger partial charge < -0.3 is 5.11 Å². The van der Waals surface area contributed by atoms with Crippen LogP contribution in [0.5, 0.6) is 0 Å². The first-order valence-electron chi connectivity index (χ1n) is 5.19. The SMILES string of the molecule is CC(C)OP(=O)(NCCC(=O)O)OC(C)C. The lowest BCUT2D eigenvalue weighted by molar-refractivity contribution is -0.136. The van der Waals surface area contributed by atoms with E-state index in [1.54, 1.807) is 27.7 Å². The average Bonchev–Trinajstić information content (AvgIpc) is 1.98. The van der Waals surface area contributed by atoms with Gasteiger partial charge in [0.1, 0.15) is 0 Å². The molecule has 0 fully saturated rings. The first-order chi connectivity index (χ1) is 7.25. The molecule has 96 valence electrons. The fourth-order valence-corrected chi connectivity index (χ4v) is 2.65. The Bertz CT molecular complexity index is 253. The van der Waals surface area contributed by atoms with Crippen molar-refractivity contribution in [2.24, 2.45) is 0 Å². The summed E-state index contributed by atoms with van der Waals surface area (Å²) in [5.41, 5.74) is 0. The minimum atomic E-state index is -3.40. The third kappa shape index (κ3) is 7.82. The van der Waals surface area contributed by atoms with E-state index in [2.05, 4.69) is 5.09 Å². The monoisotopic (exact) mass is 253 g/mol. The summed E-state index contributed by atoms with van der Waals surface area (Å²) in [4.78, 5) is 10.3. The van der Waals surface area contributed by atoms with E-state index in [1.165, 1.54) is 0 Å². The maximum atomic E-state index is 12.1. The van der Waals surface area contributed by atoms with Crippen LogP contribution in [0.4, 0.5) is 0 Å². The molecule has 0 spiro atoms. The molecule has 6 nitrogen and oxygen atoms in total.